The molecular weight excluding hydrogens is 238 g/mol. The third-order valence-corrected chi connectivity index (χ3v) is 2.41. The summed E-state index contributed by atoms with van der Waals surface area (Å²) in [4.78, 5) is 11.6. The molecule has 0 aliphatic heterocycles. The van der Waals surface area contributed by atoms with Crippen molar-refractivity contribution in [3.63, 3.8) is 0 Å². The predicted octanol–water partition coefficient (Wildman–Crippen LogP) is 2.53. The number of benzene rings is 1. The average molecular weight is 258 g/mol. The van der Waals surface area contributed by atoms with Crippen LogP contribution in [0.25, 0.3) is 0 Å². The van der Waals surface area contributed by atoms with E-state index in [1.807, 2.05) is 51.1 Å². The third kappa shape index (κ3) is 5.20. The molecule has 0 aromatic heterocycles. The summed E-state index contributed by atoms with van der Waals surface area (Å²) in [6, 6.07) is 8.98. The van der Waals surface area contributed by atoms with Gasteiger partial charge in [0.2, 0.25) is 0 Å². The van der Waals surface area contributed by atoms with Crippen LogP contribution in [0.5, 0.6) is 0 Å². The number of esters is 1. The summed E-state index contributed by atoms with van der Waals surface area (Å²) in [5, 5.41) is 0. The molecule has 4 heteroatoms. The molecule has 0 fully saturated rings. The average Bonchev–Trinajstić information content (AvgIpc) is 2.25. The van der Waals surface area contributed by atoms with Gasteiger partial charge in [0.1, 0.15) is 12.6 Å². The van der Waals surface area contributed by atoms with Crippen molar-refractivity contribution in [2.24, 2.45) is 11.1 Å². The Balaban J connectivity index is 0.00000256. The lowest BCUT2D eigenvalue weighted by molar-refractivity contribution is -0.149. The van der Waals surface area contributed by atoms with Crippen LogP contribution in [0.15, 0.2) is 30.3 Å². The summed E-state index contributed by atoms with van der Waals surface area (Å²) >= 11 is 0. The van der Waals surface area contributed by atoms with E-state index >= 15 is 0 Å². The summed E-state index contributed by atoms with van der Waals surface area (Å²) in [5.74, 6) is -0.351. The second kappa shape index (κ2) is 6.62. The van der Waals surface area contributed by atoms with Crippen LogP contribution in [0.1, 0.15) is 26.3 Å². The van der Waals surface area contributed by atoms with Crippen molar-refractivity contribution in [3.8, 4) is 0 Å². The second-order valence-corrected chi connectivity index (χ2v) is 4.94. The molecule has 1 aromatic carbocycles. The maximum Gasteiger partial charge on any atom is 0.323 e. The van der Waals surface area contributed by atoms with Crippen LogP contribution >= 0.6 is 12.4 Å². The zero-order valence-corrected chi connectivity index (χ0v) is 11.3. The van der Waals surface area contributed by atoms with E-state index in [-0.39, 0.29) is 30.4 Å². The van der Waals surface area contributed by atoms with Gasteiger partial charge in [-0.3, -0.25) is 4.79 Å². The Kier molecular flexibility index (Phi) is 6.21. The van der Waals surface area contributed by atoms with Gasteiger partial charge in [0, 0.05) is 0 Å². The van der Waals surface area contributed by atoms with Crippen molar-refractivity contribution in [2.45, 2.75) is 33.4 Å². The largest absolute Gasteiger partial charge is 0.460 e. The number of nitrogens with two attached hydrogens (primary N) is 1. The SMILES string of the molecule is CC(C)(C)[C@H](N)C(=O)OCc1ccccc1.Cl. The molecule has 2 N–H and O–H groups in total. The molecular formula is C13H20ClNO2. The van der Waals surface area contributed by atoms with Gasteiger partial charge >= 0.3 is 5.97 Å². The molecule has 0 bridgehead atoms. The van der Waals surface area contributed by atoms with E-state index in [9.17, 15) is 4.79 Å². The molecule has 1 aromatic rings. The highest BCUT2D eigenvalue weighted by atomic mass is 35.5. The fourth-order valence-corrected chi connectivity index (χ4v) is 1.17. The number of rotatable bonds is 3. The smallest absolute Gasteiger partial charge is 0.323 e. The van der Waals surface area contributed by atoms with E-state index in [2.05, 4.69) is 0 Å². The third-order valence-electron chi connectivity index (χ3n) is 2.41. The quantitative estimate of drug-likeness (QED) is 0.847. The Labute approximate surface area is 109 Å². The minimum Gasteiger partial charge on any atom is -0.460 e. The summed E-state index contributed by atoms with van der Waals surface area (Å²) < 4.78 is 5.15. The van der Waals surface area contributed by atoms with Gasteiger partial charge in [-0.2, -0.15) is 0 Å². The molecule has 96 valence electrons. The van der Waals surface area contributed by atoms with Crippen LogP contribution in [0.2, 0.25) is 0 Å². The minimum atomic E-state index is -0.587. The number of ether oxygens (including phenoxy) is 1. The van der Waals surface area contributed by atoms with E-state index in [0.29, 0.717) is 0 Å². The second-order valence-electron chi connectivity index (χ2n) is 4.94. The van der Waals surface area contributed by atoms with E-state index in [0.717, 1.165) is 5.56 Å². The lowest BCUT2D eigenvalue weighted by Crippen LogP contribution is -2.43. The van der Waals surface area contributed by atoms with Crippen molar-refractivity contribution in [1.29, 1.82) is 0 Å². The topological polar surface area (TPSA) is 52.3 Å². The number of hydrogen-bond acceptors (Lipinski definition) is 3. The summed E-state index contributed by atoms with van der Waals surface area (Å²) in [6.45, 7) is 6.04. The molecule has 17 heavy (non-hydrogen) atoms. The molecule has 0 unspecified atom stereocenters. The Morgan fingerprint density at radius 2 is 1.82 bits per heavy atom. The van der Waals surface area contributed by atoms with Crippen LogP contribution in [-0.4, -0.2) is 12.0 Å². The molecule has 0 heterocycles. The maximum atomic E-state index is 11.6. The highest BCUT2D eigenvalue weighted by molar-refractivity contribution is 5.85. The summed E-state index contributed by atoms with van der Waals surface area (Å²) in [6.07, 6.45) is 0. The normalized spacial score (nSPS) is 12.5. The van der Waals surface area contributed by atoms with Crippen LogP contribution in [0.3, 0.4) is 0 Å². The van der Waals surface area contributed by atoms with Gasteiger partial charge < -0.3 is 10.5 Å². The van der Waals surface area contributed by atoms with E-state index < -0.39 is 6.04 Å². The van der Waals surface area contributed by atoms with Crippen molar-refractivity contribution < 1.29 is 9.53 Å². The highest BCUT2D eigenvalue weighted by Crippen LogP contribution is 2.18. The van der Waals surface area contributed by atoms with Crippen molar-refractivity contribution in [3.05, 3.63) is 35.9 Å². The first-order valence-corrected chi connectivity index (χ1v) is 5.37. The first kappa shape index (κ1) is 15.9. The minimum absolute atomic E-state index is 0. The maximum absolute atomic E-state index is 11.6. The molecule has 0 saturated heterocycles. The number of halogens is 1. The van der Waals surface area contributed by atoms with Gasteiger partial charge in [-0.05, 0) is 11.0 Å². The van der Waals surface area contributed by atoms with Gasteiger partial charge in [-0.15, -0.1) is 12.4 Å². The Hall–Kier alpha value is -1.06. The van der Waals surface area contributed by atoms with E-state index in [1.165, 1.54) is 0 Å². The Bertz CT molecular complexity index is 346. The van der Waals surface area contributed by atoms with Crippen molar-refractivity contribution in [1.82, 2.24) is 0 Å². The Morgan fingerprint density at radius 3 is 2.29 bits per heavy atom. The van der Waals surface area contributed by atoms with Crippen LogP contribution in [0, 0.1) is 5.41 Å². The van der Waals surface area contributed by atoms with Gasteiger partial charge in [0.05, 0.1) is 0 Å². The van der Waals surface area contributed by atoms with Gasteiger partial charge in [0.15, 0.2) is 0 Å². The molecule has 0 radical (unpaired) electrons. The zero-order valence-electron chi connectivity index (χ0n) is 10.5. The lowest BCUT2D eigenvalue weighted by atomic mass is 9.87. The number of carbonyl (C=O) groups excluding carboxylic acids is 1. The van der Waals surface area contributed by atoms with E-state index in [4.69, 9.17) is 10.5 Å². The van der Waals surface area contributed by atoms with Gasteiger partial charge in [-0.1, -0.05) is 51.1 Å². The standard InChI is InChI=1S/C13H19NO2.ClH/c1-13(2,3)11(14)12(15)16-9-10-7-5-4-6-8-10;/h4-8,11H,9,14H2,1-3H3;1H/t11-;/m1./s1. The molecule has 0 aliphatic rings. The van der Waals surface area contributed by atoms with Crippen molar-refractivity contribution >= 4 is 18.4 Å². The number of carbonyl (C=O) groups is 1. The van der Waals surface area contributed by atoms with Gasteiger partial charge in [0.25, 0.3) is 0 Å². The molecule has 3 nitrogen and oxygen atoms in total. The lowest BCUT2D eigenvalue weighted by Gasteiger charge is -2.24. The predicted molar refractivity (Wildman–Crippen MR) is 70.9 cm³/mol. The monoisotopic (exact) mass is 257 g/mol. The molecule has 0 amide bonds. The molecule has 1 rings (SSSR count). The highest BCUT2D eigenvalue weighted by Gasteiger charge is 2.28. The first-order valence-electron chi connectivity index (χ1n) is 5.37. The Morgan fingerprint density at radius 1 is 1.29 bits per heavy atom. The fraction of sp³-hybridized carbons (Fsp3) is 0.462. The molecule has 0 aliphatic carbocycles. The van der Waals surface area contributed by atoms with Crippen LogP contribution in [-0.2, 0) is 16.1 Å². The van der Waals surface area contributed by atoms with E-state index in [1.54, 1.807) is 0 Å². The van der Waals surface area contributed by atoms with Crippen LogP contribution in [0.4, 0.5) is 0 Å². The molecule has 0 saturated carbocycles. The van der Waals surface area contributed by atoms with Crippen LogP contribution < -0.4 is 5.73 Å². The van der Waals surface area contributed by atoms with Crippen molar-refractivity contribution in [2.75, 3.05) is 0 Å². The summed E-state index contributed by atoms with van der Waals surface area (Å²) in [5.41, 5.74) is 6.48. The molecule has 1 atom stereocenters. The summed E-state index contributed by atoms with van der Waals surface area (Å²) in [7, 11) is 0. The first-order chi connectivity index (χ1) is 7.41. The van der Waals surface area contributed by atoms with Gasteiger partial charge in [-0.25, -0.2) is 0 Å². The fourth-order valence-electron chi connectivity index (χ4n) is 1.17. The zero-order chi connectivity index (χ0) is 12.2. The molecule has 0 spiro atoms. The number of hydrogen-bond donors (Lipinski definition) is 1.